The molecule has 0 fully saturated rings. The van der Waals surface area contributed by atoms with Gasteiger partial charge in [-0.05, 0) is 35.9 Å². The Bertz CT molecular complexity index is 2000. The summed E-state index contributed by atoms with van der Waals surface area (Å²) in [6, 6.07) is 18.0. The van der Waals surface area contributed by atoms with Gasteiger partial charge in [-0.2, -0.15) is 10.5 Å². The second-order valence-electron chi connectivity index (χ2n) is 8.02. The minimum atomic E-state index is -0.947. The van der Waals surface area contributed by atoms with Crippen LogP contribution < -0.4 is 20.5 Å². The van der Waals surface area contributed by atoms with Gasteiger partial charge in [-0.1, -0.05) is 24.3 Å². The molecule has 1 aliphatic rings. The Balaban J connectivity index is 1.65. The van der Waals surface area contributed by atoms with E-state index in [0.29, 0.717) is 36.8 Å². The quantitative estimate of drug-likeness (QED) is 0.382. The monoisotopic (exact) mass is 490 g/mol. The molecule has 0 amide bonds. The molecule has 5 aromatic rings. The number of hydrogen-bond donors (Lipinski definition) is 2. The zero-order valence-corrected chi connectivity index (χ0v) is 19.2. The Morgan fingerprint density at radius 3 is 2.69 bits per heavy atom. The number of fused-ring (bicyclic) bond motifs is 3. The third-order valence-corrected chi connectivity index (χ3v) is 7.12. The van der Waals surface area contributed by atoms with Gasteiger partial charge in [-0.15, -0.1) is 11.3 Å². The van der Waals surface area contributed by atoms with Gasteiger partial charge >= 0.3 is 0 Å². The maximum Gasteiger partial charge on any atom is 0.274 e. The highest BCUT2D eigenvalue weighted by molar-refractivity contribution is 7.07. The molecule has 0 radical (unpaired) electrons. The van der Waals surface area contributed by atoms with Gasteiger partial charge in [0.2, 0.25) is 5.89 Å². The van der Waals surface area contributed by atoms with Gasteiger partial charge in [-0.25, -0.2) is 4.98 Å². The molecule has 6 rings (SSSR count). The fourth-order valence-electron chi connectivity index (χ4n) is 4.36. The number of thiazole rings is 1. The van der Waals surface area contributed by atoms with E-state index in [1.54, 1.807) is 54.7 Å². The first-order chi connectivity index (χ1) is 17.5. The number of pyridine rings is 1. The second kappa shape index (κ2) is 7.94. The van der Waals surface area contributed by atoms with Crippen molar-refractivity contribution < 1.29 is 9.52 Å². The van der Waals surface area contributed by atoms with Crippen molar-refractivity contribution in [2.45, 2.75) is 5.92 Å². The molecule has 2 aromatic carbocycles. The number of oxazole rings is 1. The van der Waals surface area contributed by atoms with Crippen molar-refractivity contribution in [1.82, 2.24) is 14.5 Å². The van der Waals surface area contributed by atoms with Gasteiger partial charge < -0.3 is 15.3 Å². The summed E-state index contributed by atoms with van der Waals surface area (Å²) in [6.45, 7) is 0. The van der Waals surface area contributed by atoms with E-state index in [1.807, 2.05) is 6.07 Å². The van der Waals surface area contributed by atoms with Gasteiger partial charge in [0.05, 0.1) is 27.8 Å². The maximum absolute atomic E-state index is 13.4. The molecule has 1 unspecified atom stereocenters. The molecule has 0 saturated heterocycles. The summed E-state index contributed by atoms with van der Waals surface area (Å²) in [5.74, 6) is -0.841. The lowest BCUT2D eigenvalue weighted by Crippen LogP contribution is -2.38. The third-order valence-electron chi connectivity index (χ3n) is 6.02. The Morgan fingerprint density at radius 1 is 1.11 bits per heavy atom. The summed E-state index contributed by atoms with van der Waals surface area (Å²) in [7, 11) is 0. The predicted molar refractivity (Wildman–Crippen MR) is 134 cm³/mol. The molecule has 0 spiro atoms. The zero-order valence-electron chi connectivity index (χ0n) is 18.3. The number of aromatic nitrogens is 3. The Kier molecular flexibility index (Phi) is 4.71. The number of nitrogens with zero attached hydrogens (tertiary/aromatic N) is 5. The number of hydrogen-bond acceptors (Lipinski definition) is 9. The van der Waals surface area contributed by atoms with E-state index in [4.69, 9.17) is 10.2 Å². The van der Waals surface area contributed by atoms with Crippen molar-refractivity contribution >= 4 is 50.8 Å². The van der Waals surface area contributed by atoms with Crippen molar-refractivity contribution in [3.63, 3.8) is 0 Å². The molecule has 3 aromatic heterocycles. The SMILES string of the molecule is N#CC1=C(N)n2c(s/c(=C/c3ccc(O)c4ncccc34)c2=O)=C(C#N)C1c1nc2ccccc2o1. The van der Waals surface area contributed by atoms with E-state index in [9.17, 15) is 20.4 Å². The summed E-state index contributed by atoms with van der Waals surface area (Å²) < 4.78 is 7.67. The molecule has 1 aliphatic heterocycles. The van der Waals surface area contributed by atoms with Crippen LogP contribution in [0.15, 0.2) is 69.5 Å². The van der Waals surface area contributed by atoms with E-state index < -0.39 is 11.5 Å². The minimum absolute atomic E-state index is 0.0105. The molecule has 9 nitrogen and oxygen atoms in total. The minimum Gasteiger partial charge on any atom is -0.506 e. The smallest absolute Gasteiger partial charge is 0.274 e. The van der Waals surface area contributed by atoms with Crippen LogP contribution in [0.4, 0.5) is 0 Å². The summed E-state index contributed by atoms with van der Waals surface area (Å²) >= 11 is 1.08. The Hall–Kier alpha value is -5.19. The lowest BCUT2D eigenvalue weighted by atomic mass is 9.90. The van der Waals surface area contributed by atoms with Crippen LogP contribution in [0.2, 0.25) is 0 Å². The van der Waals surface area contributed by atoms with Gasteiger partial charge in [-0.3, -0.25) is 14.3 Å². The number of rotatable bonds is 2. The number of phenolic OH excluding ortho intramolecular Hbond substituents is 1. The van der Waals surface area contributed by atoms with Crippen molar-refractivity contribution in [2.24, 2.45) is 5.73 Å². The molecule has 1 atom stereocenters. The van der Waals surface area contributed by atoms with Crippen LogP contribution in [-0.4, -0.2) is 19.6 Å². The molecule has 4 heterocycles. The summed E-state index contributed by atoms with van der Waals surface area (Å²) in [4.78, 5) is 22.1. The van der Waals surface area contributed by atoms with Crippen molar-refractivity contribution in [2.75, 3.05) is 0 Å². The van der Waals surface area contributed by atoms with Gasteiger partial charge in [0.25, 0.3) is 5.56 Å². The van der Waals surface area contributed by atoms with Crippen molar-refractivity contribution in [3.05, 3.63) is 91.3 Å². The normalized spacial score (nSPS) is 15.8. The molecule has 0 aliphatic carbocycles. The highest BCUT2D eigenvalue weighted by atomic mass is 32.1. The van der Waals surface area contributed by atoms with Crippen LogP contribution in [0.3, 0.4) is 0 Å². The van der Waals surface area contributed by atoms with Crippen LogP contribution in [-0.2, 0) is 0 Å². The predicted octanol–water partition coefficient (Wildman–Crippen LogP) is 2.26. The molecule has 10 heteroatoms. The molecular formula is C26H14N6O3S. The van der Waals surface area contributed by atoms with Crippen LogP contribution in [0.5, 0.6) is 5.75 Å². The van der Waals surface area contributed by atoms with Crippen molar-refractivity contribution in [1.29, 1.82) is 10.5 Å². The van der Waals surface area contributed by atoms with Crippen LogP contribution >= 0.6 is 11.3 Å². The highest BCUT2D eigenvalue weighted by Gasteiger charge is 2.35. The molecule has 0 bridgehead atoms. The summed E-state index contributed by atoms with van der Waals surface area (Å²) in [5, 5.41) is 30.9. The lowest BCUT2D eigenvalue weighted by molar-refractivity contribution is 0.480. The molecule has 36 heavy (non-hydrogen) atoms. The second-order valence-corrected chi connectivity index (χ2v) is 9.05. The average molecular weight is 491 g/mol. The number of nitriles is 2. The molecule has 172 valence electrons. The number of aromatic hydroxyl groups is 1. The zero-order chi connectivity index (χ0) is 25.0. The van der Waals surface area contributed by atoms with E-state index in [-0.39, 0.29) is 28.6 Å². The van der Waals surface area contributed by atoms with Crippen LogP contribution in [0.25, 0.3) is 39.5 Å². The standard InChI is InChI=1S/C26H14N6O3S/c27-11-15-21(24-31-17-5-1-2-6-19(17)35-24)16(12-28)26-32(23(15)29)25(34)20(36-26)10-13-7-8-18(33)22-14(13)4-3-9-30-22/h1-10,21,33H,29H2/b20-10+. The third kappa shape index (κ3) is 3.03. The maximum atomic E-state index is 13.4. The molecule has 0 saturated carbocycles. The first kappa shape index (κ1) is 21.4. The number of allylic oxidation sites excluding steroid dienone is 1. The fraction of sp³-hybridized carbons (Fsp3) is 0.0385. The van der Waals surface area contributed by atoms with E-state index >= 15 is 0 Å². The summed E-state index contributed by atoms with van der Waals surface area (Å²) in [5.41, 5.74) is 8.18. The first-order valence-electron chi connectivity index (χ1n) is 10.7. The lowest BCUT2D eigenvalue weighted by Gasteiger charge is -2.19. The Labute approximate surface area is 206 Å². The number of benzene rings is 2. The van der Waals surface area contributed by atoms with E-state index in [1.165, 1.54) is 10.6 Å². The number of phenols is 1. The summed E-state index contributed by atoms with van der Waals surface area (Å²) in [6.07, 6.45) is 3.23. The van der Waals surface area contributed by atoms with E-state index in [0.717, 1.165) is 11.3 Å². The molecule has 3 N–H and O–H groups in total. The van der Waals surface area contributed by atoms with E-state index in [2.05, 4.69) is 16.0 Å². The van der Waals surface area contributed by atoms with Gasteiger partial charge in [0, 0.05) is 11.6 Å². The fourth-order valence-corrected chi connectivity index (χ4v) is 5.48. The van der Waals surface area contributed by atoms with Gasteiger partial charge in [0.1, 0.15) is 33.2 Å². The number of para-hydroxylation sites is 2. The largest absolute Gasteiger partial charge is 0.506 e. The highest BCUT2D eigenvalue weighted by Crippen LogP contribution is 2.36. The topological polar surface area (TPSA) is 155 Å². The van der Waals surface area contributed by atoms with Crippen molar-refractivity contribution in [3.8, 4) is 17.9 Å². The first-order valence-corrected chi connectivity index (χ1v) is 11.5. The number of nitrogens with two attached hydrogens (primary N) is 1. The average Bonchev–Trinajstić information content (AvgIpc) is 3.47. The Morgan fingerprint density at radius 2 is 1.92 bits per heavy atom. The van der Waals surface area contributed by atoms with Crippen LogP contribution in [0, 0.1) is 22.7 Å². The van der Waals surface area contributed by atoms with Gasteiger partial charge in [0.15, 0.2) is 5.58 Å². The van der Waals surface area contributed by atoms with Crippen LogP contribution in [0.1, 0.15) is 17.4 Å². The molecular weight excluding hydrogens is 476 g/mol.